The number of fused-ring (bicyclic) bond motifs is 2. The van der Waals surface area contributed by atoms with E-state index in [1.54, 1.807) is 18.2 Å². The van der Waals surface area contributed by atoms with Crippen molar-refractivity contribution < 1.29 is 14.3 Å². The van der Waals surface area contributed by atoms with Gasteiger partial charge in [-0.05, 0) is 85.8 Å². The van der Waals surface area contributed by atoms with E-state index in [0.717, 1.165) is 38.0 Å². The van der Waals surface area contributed by atoms with Crippen LogP contribution in [0.4, 0.5) is 9.18 Å². The number of nitrogens with one attached hydrogen (secondary N) is 1. The van der Waals surface area contributed by atoms with E-state index < -0.39 is 0 Å². The quantitative estimate of drug-likeness (QED) is 0.472. The maximum Gasteiger partial charge on any atom is 0.317 e. The van der Waals surface area contributed by atoms with Crippen LogP contribution in [0.2, 0.25) is 0 Å². The zero-order valence-electron chi connectivity index (χ0n) is 21.2. The Morgan fingerprint density at radius 2 is 1.72 bits per heavy atom. The Kier molecular flexibility index (Phi) is 8.10. The topological polar surface area (TPSA) is 55.8 Å². The molecule has 2 heterocycles. The van der Waals surface area contributed by atoms with Gasteiger partial charge in [0, 0.05) is 38.3 Å². The van der Waals surface area contributed by atoms with Gasteiger partial charge in [0.15, 0.2) is 0 Å². The van der Waals surface area contributed by atoms with Crippen molar-refractivity contribution in [1.82, 2.24) is 15.1 Å². The summed E-state index contributed by atoms with van der Waals surface area (Å²) in [5, 5.41) is 13.0. The number of halogens is 1. The van der Waals surface area contributed by atoms with E-state index in [2.05, 4.69) is 16.3 Å². The number of benzene rings is 2. The SMILES string of the molecule is O=C(NCc1ccc(F)cc1)N(CCN1[C@@H]2CC[C@H]1C[C@@H](c1cccc(O)c1)C2)CC1CCCCC1. The molecular weight excluding hydrogens is 453 g/mol. The summed E-state index contributed by atoms with van der Waals surface area (Å²) >= 11 is 0. The van der Waals surface area contributed by atoms with Gasteiger partial charge in [0.05, 0.1) is 0 Å². The molecule has 3 aliphatic rings. The van der Waals surface area contributed by atoms with E-state index in [4.69, 9.17) is 0 Å². The van der Waals surface area contributed by atoms with Gasteiger partial charge in [-0.15, -0.1) is 0 Å². The average Bonchev–Trinajstić information content (AvgIpc) is 3.12. The number of carbonyl (C=O) groups excluding carboxylic acids is 1. The largest absolute Gasteiger partial charge is 0.508 e. The molecule has 2 aromatic rings. The van der Waals surface area contributed by atoms with Gasteiger partial charge < -0.3 is 15.3 Å². The highest BCUT2D eigenvalue weighted by Crippen LogP contribution is 2.43. The minimum Gasteiger partial charge on any atom is -0.508 e. The van der Waals surface area contributed by atoms with Crippen molar-refractivity contribution in [3.63, 3.8) is 0 Å². The molecule has 2 saturated heterocycles. The predicted octanol–water partition coefficient (Wildman–Crippen LogP) is 6.03. The van der Waals surface area contributed by atoms with Crippen LogP contribution in [0.25, 0.3) is 0 Å². The molecule has 2 aromatic carbocycles. The molecule has 3 fully saturated rings. The summed E-state index contributed by atoms with van der Waals surface area (Å²) in [7, 11) is 0. The van der Waals surface area contributed by atoms with Crippen molar-refractivity contribution in [2.45, 2.75) is 82.3 Å². The normalized spacial score (nSPS) is 24.5. The number of carbonyl (C=O) groups is 1. The predicted molar refractivity (Wildman–Crippen MR) is 140 cm³/mol. The lowest BCUT2D eigenvalue weighted by molar-refractivity contribution is 0.106. The Bertz CT molecular complexity index is 994. The first-order valence-electron chi connectivity index (χ1n) is 13.9. The Balaban J connectivity index is 1.19. The van der Waals surface area contributed by atoms with Crippen LogP contribution in [0.3, 0.4) is 0 Å². The summed E-state index contributed by atoms with van der Waals surface area (Å²) < 4.78 is 13.2. The molecule has 6 heteroatoms. The van der Waals surface area contributed by atoms with Crippen LogP contribution in [0.1, 0.15) is 74.8 Å². The van der Waals surface area contributed by atoms with Crippen LogP contribution < -0.4 is 5.32 Å². The summed E-state index contributed by atoms with van der Waals surface area (Å²) in [6, 6.07) is 15.2. The molecule has 36 heavy (non-hydrogen) atoms. The summed E-state index contributed by atoms with van der Waals surface area (Å²) in [5.74, 6) is 1.19. The van der Waals surface area contributed by atoms with E-state index in [0.29, 0.717) is 36.2 Å². The smallest absolute Gasteiger partial charge is 0.317 e. The third-order valence-electron chi connectivity index (χ3n) is 8.70. The number of rotatable bonds is 8. The van der Waals surface area contributed by atoms with Crippen LogP contribution in [0.15, 0.2) is 48.5 Å². The number of amides is 2. The van der Waals surface area contributed by atoms with E-state index in [1.807, 2.05) is 17.0 Å². The molecule has 3 atom stereocenters. The minimum absolute atomic E-state index is 0.00751. The standard InChI is InChI=1S/C30H40FN3O2/c31-26-11-9-22(10-12-26)20-32-30(36)33(21-23-5-2-1-3-6-23)15-16-34-27-13-14-28(34)18-25(17-27)24-7-4-8-29(35)19-24/h4,7-12,19,23,25,27-28,35H,1-3,5-6,13-18,20-21H2,(H,32,36)/t25-,27+,28-. The molecule has 2 N–H and O–H groups in total. The molecule has 2 bridgehead atoms. The van der Waals surface area contributed by atoms with Gasteiger partial charge in [-0.3, -0.25) is 4.90 Å². The van der Waals surface area contributed by atoms with Crippen LogP contribution >= 0.6 is 0 Å². The first-order chi connectivity index (χ1) is 17.5. The number of piperidine rings is 1. The second kappa shape index (κ2) is 11.6. The van der Waals surface area contributed by atoms with Crippen molar-refractivity contribution in [1.29, 1.82) is 0 Å². The molecular formula is C30H40FN3O2. The lowest BCUT2D eigenvalue weighted by Crippen LogP contribution is -2.49. The number of nitrogens with zero attached hydrogens (tertiary/aromatic N) is 2. The van der Waals surface area contributed by atoms with Crippen molar-refractivity contribution in [2.75, 3.05) is 19.6 Å². The second-order valence-corrected chi connectivity index (χ2v) is 11.1. The summed E-state index contributed by atoms with van der Waals surface area (Å²) in [5.41, 5.74) is 2.17. The van der Waals surface area contributed by atoms with Gasteiger partial charge in [-0.1, -0.05) is 43.5 Å². The van der Waals surface area contributed by atoms with Gasteiger partial charge in [0.2, 0.25) is 0 Å². The first-order valence-corrected chi connectivity index (χ1v) is 13.9. The van der Waals surface area contributed by atoms with E-state index in [-0.39, 0.29) is 11.8 Å². The molecule has 5 rings (SSSR count). The molecule has 0 unspecified atom stereocenters. The highest BCUT2D eigenvalue weighted by atomic mass is 19.1. The van der Waals surface area contributed by atoms with E-state index in [1.165, 1.54) is 62.6 Å². The highest BCUT2D eigenvalue weighted by molar-refractivity contribution is 5.74. The Morgan fingerprint density at radius 1 is 1.00 bits per heavy atom. The maximum absolute atomic E-state index is 13.3. The van der Waals surface area contributed by atoms with Crippen LogP contribution in [0.5, 0.6) is 5.75 Å². The Labute approximate surface area is 214 Å². The molecule has 1 saturated carbocycles. The summed E-state index contributed by atoms with van der Waals surface area (Å²) in [4.78, 5) is 18.0. The Morgan fingerprint density at radius 3 is 2.42 bits per heavy atom. The van der Waals surface area contributed by atoms with Crippen LogP contribution in [-0.2, 0) is 6.54 Å². The van der Waals surface area contributed by atoms with Crippen molar-refractivity contribution in [3.8, 4) is 5.75 Å². The number of hydrogen-bond acceptors (Lipinski definition) is 3. The maximum atomic E-state index is 13.3. The fourth-order valence-electron chi connectivity index (χ4n) is 6.78. The Hall–Kier alpha value is -2.60. The molecule has 194 valence electrons. The molecule has 0 aromatic heterocycles. The van der Waals surface area contributed by atoms with Gasteiger partial charge in [0.25, 0.3) is 0 Å². The van der Waals surface area contributed by atoms with Gasteiger partial charge in [-0.25, -0.2) is 9.18 Å². The molecule has 0 spiro atoms. The number of phenols is 1. The number of urea groups is 1. The third-order valence-corrected chi connectivity index (χ3v) is 8.70. The fourth-order valence-corrected chi connectivity index (χ4v) is 6.78. The zero-order valence-corrected chi connectivity index (χ0v) is 21.2. The van der Waals surface area contributed by atoms with Gasteiger partial charge in [0.1, 0.15) is 11.6 Å². The first kappa shape index (κ1) is 25.1. The second-order valence-electron chi connectivity index (χ2n) is 11.1. The van der Waals surface area contributed by atoms with Crippen LogP contribution in [0, 0.1) is 11.7 Å². The zero-order chi connectivity index (χ0) is 24.9. The lowest BCUT2D eigenvalue weighted by Gasteiger charge is -2.40. The van der Waals surface area contributed by atoms with Crippen molar-refractivity contribution >= 4 is 6.03 Å². The van der Waals surface area contributed by atoms with E-state index >= 15 is 0 Å². The number of aromatic hydroxyl groups is 1. The fraction of sp³-hybridized carbons (Fsp3) is 0.567. The molecule has 1 aliphatic carbocycles. The third kappa shape index (κ3) is 6.20. The van der Waals surface area contributed by atoms with E-state index in [9.17, 15) is 14.3 Å². The van der Waals surface area contributed by atoms with Gasteiger partial charge >= 0.3 is 6.03 Å². The monoisotopic (exact) mass is 493 g/mol. The summed E-state index contributed by atoms with van der Waals surface area (Å²) in [6.07, 6.45) is 11.0. The van der Waals surface area contributed by atoms with Gasteiger partial charge in [-0.2, -0.15) is 0 Å². The van der Waals surface area contributed by atoms with Crippen molar-refractivity contribution in [3.05, 3.63) is 65.5 Å². The van der Waals surface area contributed by atoms with Crippen molar-refractivity contribution in [2.24, 2.45) is 5.92 Å². The molecule has 2 aliphatic heterocycles. The minimum atomic E-state index is -0.258. The lowest BCUT2D eigenvalue weighted by atomic mass is 9.85. The molecule has 2 amide bonds. The molecule has 5 nitrogen and oxygen atoms in total. The average molecular weight is 494 g/mol. The highest BCUT2D eigenvalue weighted by Gasteiger charge is 2.41. The van der Waals surface area contributed by atoms with Crippen LogP contribution in [-0.4, -0.2) is 52.7 Å². The number of phenolic OH excluding ortho intramolecular Hbond substituents is 1. The number of hydrogen-bond donors (Lipinski definition) is 2. The molecule has 0 radical (unpaired) electrons. The summed E-state index contributed by atoms with van der Waals surface area (Å²) in [6.45, 7) is 2.90.